The molecule has 3 aliphatic carbocycles. The first-order valence-electron chi connectivity index (χ1n) is 27.1. The van der Waals surface area contributed by atoms with E-state index < -0.39 is 0 Å². The summed E-state index contributed by atoms with van der Waals surface area (Å²) in [6.45, 7) is 18.5. The van der Waals surface area contributed by atoms with Crippen molar-refractivity contribution in [2.75, 3.05) is 0 Å². The minimum absolute atomic E-state index is 0.0817. The summed E-state index contributed by atoms with van der Waals surface area (Å²) in [6.07, 6.45) is 46.1. The summed E-state index contributed by atoms with van der Waals surface area (Å²) in [5.41, 5.74) is 18.2. The summed E-state index contributed by atoms with van der Waals surface area (Å²) >= 11 is 1.34. The minimum atomic E-state index is 0.0817. The van der Waals surface area contributed by atoms with E-state index in [0.717, 1.165) is 72.5 Å². The highest BCUT2D eigenvalue weighted by Gasteiger charge is 2.29. The second-order valence-corrected chi connectivity index (χ2v) is 21.8. The molecule has 3 aliphatic rings. The monoisotopic (exact) mass is 903 g/mol. The second-order valence-electron chi connectivity index (χ2n) is 21.3. The maximum absolute atomic E-state index is 4.91. The number of nitrogens with zero attached hydrogens (tertiary/aromatic N) is 2. The van der Waals surface area contributed by atoms with Crippen molar-refractivity contribution in [3.8, 4) is 0 Å². The number of unbranched alkanes of at least 4 members (excludes halogenated alkanes) is 11. The molecule has 1 saturated carbocycles. The van der Waals surface area contributed by atoms with Crippen molar-refractivity contribution in [3.63, 3.8) is 0 Å². The van der Waals surface area contributed by atoms with E-state index in [-0.39, 0.29) is 10.8 Å². The number of rotatable bonds is 29. The van der Waals surface area contributed by atoms with Gasteiger partial charge in [-0.3, -0.25) is 0 Å². The number of aromatic nitrogens is 2. The first kappa shape index (κ1) is 50.1. The normalized spacial score (nSPS) is 17.3. The summed E-state index contributed by atoms with van der Waals surface area (Å²) in [6, 6.07) is 19.4. The highest BCUT2D eigenvalue weighted by atomic mass is 32.1. The number of hydrogen-bond donors (Lipinski definition) is 0. The summed E-state index contributed by atoms with van der Waals surface area (Å²) in [5, 5.41) is 0. The number of benzene rings is 3. The van der Waals surface area contributed by atoms with Crippen molar-refractivity contribution < 1.29 is 0 Å². The van der Waals surface area contributed by atoms with Crippen LogP contribution in [0.3, 0.4) is 0 Å². The fourth-order valence-electron chi connectivity index (χ4n) is 11.2. The molecular weight excluding hydrogens is 817 g/mol. The van der Waals surface area contributed by atoms with Crippen molar-refractivity contribution in [1.29, 1.82) is 0 Å². The molecule has 0 spiro atoms. The van der Waals surface area contributed by atoms with Gasteiger partial charge in [-0.25, -0.2) is 0 Å². The standard InChI is InChI=1S/C63H86N2S/c1-8-49(58-42-43-59(63(7,11-4)12-5)61-60(58)64-66-65-61)34-37-52(28-24-20-17-16-19-23-27-48-31-33-51-36-39-54(51)45-48)57-41-40-56(62(6,9-2)10-3)46-55(57)29-25-21-15-13-14-18-22-26-47-30-32-50-35-38-53(50)44-47/h8,30-34,37,40-46,50,53H,1,9-29,35-36,38-39H2,2-7H3/b49-34+,52-37?. The van der Waals surface area contributed by atoms with E-state index >= 15 is 0 Å². The highest BCUT2D eigenvalue weighted by molar-refractivity contribution is 7.00. The van der Waals surface area contributed by atoms with E-state index in [4.69, 9.17) is 8.75 Å². The number of allylic oxidation sites excluding steroid dienone is 9. The summed E-state index contributed by atoms with van der Waals surface area (Å²) < 4.78 is 9.80. The Labute approximate surface area is 407 Å². The lowest BCUT2D eigenvalue weighted by molar-refractivity contribution is 0.280. The van der Waals surface area contributed by atoms with Gasteiger partial charge in [-0.05, 0) is 175 Å². The van der Waals surface area contributed by atoms with Crippen LogP contribution >= 0.6 is 11.7 Å². The lowest BCUT2D eigenvalue weighted by Gasteiger charge is -2.35. The van der Waals surface area contributed by atoms with Gasteiger partial charge in [-0.15, -0.1) is 0 Å². The topological polar surface area (TPSA) is 25.8 Å². The maximum Gasteiger partial charge on any atom is 0.112 e. The van der Waals surface area contributed by atoms with Gasteiger partial charge in [-0.2, -0.15) is 8.75 Å². The molecule has 2 atom stereocenters. The van der Waals surface area contributed by atoms with Crippen molar-refractivity contribution in [3.05, 3.63) is 142 Å². The van der Waals surface area contributed by atoms with Crippen LogP contribution in [0.4, 0.5) is 0 Å². The highest BCUT2D eigenvalue weighted by Crippen LogP contribution is 2.41. The fraction of sp³-hybridized carbons (Fsp3) is 0.556. The molecular formula is C63H86N2S. The molecule has 2 unspecified atom stereocenters. The molecule has 0 amide bonds. The van der Waals surface area contributed by atoms with Crippen LogP contribution in [-0.4, -0.2) is 8.75 Å². The zero-order valence-corrected chi connectivity index (χ0v) is 43.2. The fourth-order valence-corrected chi connectivity index (χ4v) is 11.7. The van der Waals surface area contributed by atoms with Gasteiger partial charge in [0.25, 0.3) is 0 Å². The summed E-state index contributed by atoms with van der Waals surface area (Å²) in [4.78, 5) is 0. The van der Waals surface area contributed by atoms with E-state index in [1.165, 1.54) is 156 Å². The Balaban J connectivity index is 1.04. The first-order valence-corrected chi connectivity index (χ1v) is 27.9. The molecule has 1 heterocycles. The Morgan fingerprint density at radius 2 is 1.27 bits per heavy atom. The molecule has 66 heavy (non-hydrogen) atoms. The third kappa shape index (κ3) is 12.4. The van der Waals surface area contributed by atoms with E-state index in [1.807, 2.05) is 6.08 Å². The minimum Gasteiger partial charge on any atom is -0.173 e. The molecule has 3 aromatic carbocycles. The first-order chi connectivity index (χ1) is 32.2. The Hall–Kier alpha value is -3.82. The predicted molar refractivity (Wildman–Crippen MR) is 290 cm³/mol. The van der Waals surface area contributed by atoms with E-state index in [9.17, 15) is 0 Å². The number of fused-ring (bicyclic) bond motifs is 3. The van der Waals surface area contributed by atoms with Crippen molar-refractivity contribution in [2.24, 2.45) is 11.8 Å². The third-order valence-corrected chi connectivity index (χ3v) is 17.7. The van der Waals surface area contributed by atoms with Gasteiger partial charge in [0.15, 0.2) is 0 Å². The van der Waals surface area contributed by atoms with Gasteiger partial charge in [0.2, 0.25) is 0 Å². The molecule has 0 radical (unpaired) electrons. The lowest BCUT2D eigenvalue weighted by Crippen LogP contribution is -2.24. The molecule has 1 fully saturated rings. The van der Waals surface area contributed by atoms with Crippen molar-refractivity contribution in [2.45, 2.75) is 213 Å². The maximum atomic E-state index is 4.91. The lowest BCUT2D eigenvalue weighted by atomic mass is 9.70. The van der Waals surface area contributed by atoms with Gasteiger partial charge in [-0.1, -0.05) is 196 Å². The molecule has 4 aromatic rings. The second kappa shape index (κ2) is 24.5. The SMILES string of the molecule is C=C/C(=C\C=C(CCCCCCCCc1ccc2c(c1)CC2)c1ccc(C(C)(CC)CC)cc1CCCCCCCCCC1=CC2CCC2C=C1)c1ccc(C(C)(CC)CC)c2nsnc12. The van der Waals surface area contributed by atoms with Crippen LogP contribution in [0, 0.1) is 11.8 Å². The molecule has 1 aromatic heterocycles. The van der Waals surface area contributed by atoms with Gasteiger partial charge in [0.1, 0.15) is 11.0 Å². The Kier molecular flexibility index (Phi) is 18.6. The largest absolute Gasteiger partial charge is 0.173 e. The zero-order chi connectivity index (χ0) is 46.4. The Morgan fingerprint density at radius 3 is 1.91 bits per heavy atom. The predicted octanol–water partition coefficient (Wildman–Crippen LogP) is 18.8. The quantitative estimate of drug-likeness (QED) is 0.0401. The van der Waals surface area contributed by atoms with Gasteiger partial charge < -0.3 is 0 Å². The zero-order valence-electron chi connectivity index (χ0n) is 42.4. The molecule has 0 bridgehead atoms. The van der Waals surface area contributed by atoms with E-state index in [2.05, 4.69) is 127 Å². The van der Waals surface area contributed by atoms with Crippen LogP contribution in [-0.2, 0) is 36.5 Å². The Morgan fingerprint density at radius 1 is 0.636 bits per heavy atom. The van der Waals surface area contributed by atoms with Gasteiger partial charge in [0.05, 0.1) is 11.7 Å². The summed E-state index contributed by atoms with van der Waals surface area (Å²) in [5.74, 6) is 1.72. The van der Waals surface area contributed by atoms with Crippen LogP contribution < -0.4 is 0 Å². The van der Waals surface area contributed by atoms with Crippen LogP contribution in [0.2, 0.25) is 0 Å². The molecule has 0 aliphatic heterocycles. The molecule has 0 N–H and O–H groups in total. The smallest absolute Gasteiger partial charge is 0.112 e. The van der Waals surface area contributed by atoms with E-state index in [1.54, 1.807) is 27.8 Å². The third-order valence-electron chi connectivity index (χ3n) is 17.2. The number of hydrogen-bond acceptors (Lipinski definition) is 3. The average molecular weight is 903 g/mol. The molecule has 3 heteroatoms. The molecule has 0 saturated heterocycles. The Bertz CT molecular complexity index is 2320. The van der Waals surface area contributed by atoms with Gasteiger partial charge >= 0.3 is 0 Å². The van der Waals surface area contributed by atoms with Crippen LogP contribution in [0.5, 0.6) is 0 Å². The summed E-state index contributed by atoms with van der Waals surface area (Å²) in [7, 11) is 0. The van der Waals surface area contributed by atoms with Crippen LogP contribution in [0.15, 0.2) is 97.1 Å². The molecule has 2 nitrogen and oxygen atoms in total. The average Bonchev–Trinajstić information content (AvgIpc) is 3.83. The molecule has 354 valence electrons. The van der Waals surface area contributed by atoms with Crippen molar-refractivity contribution >= 4 is 33.9 Å². The van der Waals surface area contributed by atoms with Crippen LogP contribution in [0.25, 0.3) is 22.2 Å². The van der Waals surface area contributed by atoms with Gasteiger partial charge in [0, 0.05) is 5.56 Å². The van der Waals surface area contributed by atoms with Crippen molar-refractivity contribution in [1.82, 2.24) is 8.75 Å². The molecule has 7 rings (SSSR count). The van der Waals surface area contributed by atoms with Crippen LogP contribution in [0.1, 0.15) is 221 Å². The number of aryl methyl sites for hydroxylation is 4. The van der Waals surface area contributed by atoms with E-state index in [0.29, 0.717) is 0 Å².